The summed E-state index contributed by atoms with van der Waals surface area (Å²) >= 11 is 0. The monoisotopic (exact) mass is 282 g/mol. The van der Waals surface area contributed by atoms with Crippen molar-refractivity contribution in [3.05, 3.63) is 11.3 Å². The average Bonchev–Trinajstić information content (AvgIpc) is 2.36. The molecule has 0 saturated heterocycles. The van der Waals surface area contributed by atoms with Crippen LogP contribution >= 0.6 is 0 Å². The van der Waals surface area contributed by atoms with E-state index >= 15 is 0 Å². The third-order valence-electron chi connectivity index (χ3n) is 4.77. The smallest absolute Gasteiger partial charge is 0.337 e. The Morgan fingerprint density at radius 1 is 1.30 bits per heavy atom. The number of ether oxygens (including phenoxy) is 2. The van der Waals surface area contributed by atoms with Gasteiger partial charge in [0.2, 0.25) is 0 Å². The van der Waals surface area contributed by atoms with Gasteiger partial charge in [-0.3, -0.25) is 0 Å². The molecule has 0 bridgehead atoms. The second-order valence-corrected chi connectivity index (χ2v) is 6.87. The van der Waals surface area contributed by atoms with Gasteiger partial charge in [0, 0.05) is 0 Å². The van der Waals surface area contributed by atoms with E-state index in [4.69, 9.17) is 9.47 Å². The van der Waals surface area contributed by atoms with Crippen LogP contribution in [-0.2, 0) is 14.3 Å². The third kappa shape index (κ3) is 4.93. The summed E-state index contributed by atoms with van der Waals surface area (Å²) in [6.07, 6.45) is 4.72. The average molecular weight is 282 g/mol. The number of carbonyl (C=O) groups is 1. The lowest BCUT2D eigenvalue weighted by Gasteiger charge is -2.41. The molecule has 20 heavy (non-hydrogen) atoms. The van der Waals surface area contributed by atoms with Crippen molar-refractivity contribution in [2.45, 2.75) is 73.3 Å². The summed E-state index contributed by atoms with van der Waals surface area (Å²) in [5.74, 6) is 1.03. The van der Waals surface area contributed by atoms with Crippen LogP contribution in [0.2, 0.25) is 0 Å². The summed E-state index contributed by atoms with van der Waals surface area (Å²) in [7, 11) is 0. The fourth-order valence-electron chi connectivity index (χ4n) is 2.61. The molecule has 0 aliphatic heterocycles. The predicted octanol–water partition coefficient (Wildman–Crippen LogP) is 4.46. The number of rotatable bonds is 5. The third-order valence-corrected chi connectivity index (χ3v) is 4.77. The standard InChI is InChI=1S/C17H30O3/c1-12(2)14(5)20-16(18)11-19-15-8-7-9-17(6,10-15)13(3)4/h13,15H,7-11H2,1-6H3. The van der Waals surface area contributed by atoms with Gasteiger partial charge in [0.05, 0.1) is 6.10 Å². The van der Waals surface area contributed by atoms with Gasteiger partial charge in [0.25, 0.3) is 0 Å². The van der Waals surface area contributed by atoms with Crippen molar-refractivity contribution in [1.82, 2.24) is 0 Å². The summed E-state index contributed by atoms with van der Waals surface area (Å²) in [4.78, 5) is 11.7. The van der Waals surface area contributed by atoms with Gasteiger partial charge in [-0.1, -0.05) is 27.2 Å². The highest BCUT2D eigenvalue weighted by atomic mass is 16.6. The highest BCUT2D eigenvalue weighted by Gasteiger charge is 2.35. The van der Waals surface area contributed by atoms with Gasteiger partial charge in [-0.05, 0) is 56.9 Å². The maximum Gasteiger partial charge on any atom is 0.337 e. The first-order valence-corrected chi connectivity index (χ1v) is 7.71. The molecule has 1 aliphatic carbocycles. The summed E-state index contributed by atoms with van der Waals surface area (Å²) in [5.41, 5.74) is 1.35. The molecule has 1 fully saturated rings. The van der Waals surface area contributed by atoms with Crippen molar-refractivity contribution in [3.63, 3.8) is 0 Å². The van der Waals surface area contributed by atoms with Crippen LogP contribution in [-0.4, -0.2) is 18.7 Å². The highest BCUT2D eigenvalue weighted by Crippen LogP contribution is 2.42. The zero-order valence-electron chi connectivity index (χ0n) is 13.9. The van der Waals surface area contributed by atoms with E-state index in [0.717, 1.165) is 18.4 Å². The Morgan fingerprint density at radius 3 is 2.50 bits per heavy atom. The van der Waals surface area contributed by atoms with Crippen molar-refractivity contribution in [2.75, 3.05) is 6.61 Å². The van der Waals surface area contributed by atoms with Crippen LogP contribution in [0, 0.1) is 11.3 Å². The van der Waals surface area contributed by atoms with Crippen LogP contribution in [0.25, 0.3) is 0 Å². The summed E-state index contributed by atoms with van der Waals surface area (Å²) in [5, 5.41) is 0. The number of allylic oxidation sites excluding steroid dienone is 2. The first kappa shape index (κ1) is 17.2. The topological polar surface area (TPSA) is 35.5 Å². The lowest BCUT2D eigenvalue weighted by molar-refractivity contribution is -0.148. The minimum Gasteiger partial charge on any atom is -0.430 e. The quantitative estimate of drug-likeness (QED) is 0.551. The molecule has 0 N–H and O–H groups in total. The molecule has 3 nitrogen and oxygen atoms in total. The van der Waals surface area contributed by atoms with Crippen molar-refractivity contribution in [2.24, 2.45) is 11.3 Å². The molecule has 0 aromatic carbocycles. The second kappa shape index (κ2) is 7.26. The first-order valence-electron chi connectivity index (χ1n) is 7.71. The van der Waals surface area contributed by atoms with E-state index in [-0.39, 0.29) is 18.7 Å². The fraction of sp³-hybridized carbons (Fsp3) is 0.824. The highest BCUT2D eigenvalue weighted by molar-refractivity contribution is 5.71. The van der Waals surface area contributed by atoms with Crippen molar-refractivity contribution in [3.8, 4) is 0 Å². The van der Waals surface area contributed by atoms with E-state index in [2.05, 4.69) is 20.8 Å². The molecule has 1 saturated carbocycles. The molecule has 0 spiro atoms. The van der Waals surface area contributed by atoms with Gasteiger partial charge in [-0.15, -0.1) is 0 Å². The predicted molar refractivity (Wildman–Crippen MR) is 81.3 cm³/mol. The summed E-state index contributed by atoms with van der Waals surface area (Å²) in [6, 6.07) is 0. The molecule has 3 heteroatoms. The lowest BCUT2D eigenvalue weighted by Crippen LogP contribution is -2.35. The Bertz CT molecular complexity index is 366. The molecule has 1 aliphatic rings. The molecule has 0 aromatic heterocycles. The number of hydrogen-bond acceptors (Lipinski definition) is 3. The van der Waals surface area contributed by atoms with Crippen molar-refractivity contribution < 1.29 is 14.3 Å². The molecule has 0 heterocycles. The SMILES string of the molecule is CC(C)=C(C)OC(=O)COC1CCCC(C)(C(C)C)C1. The molecule has 0 amide bonds. The molecule has 1 rings (SSSR count). The second-order valence-electron chi connectivity index (χ2n) is 6.87. The Labute approximate surface area is 123 Å². The summed E-state index contributed by atoms with van der Waals surface area (Å²) in [6.45, 7) is 12.6. The zero-order valence-corrected chi connectivity index (χ0v) is 13.9. The van der Waals surface area contributed by atoms with E-state index in [1.165, 1.54) is 12.8 Å². The van der Waals surface area contributed by atoms with Crippen LogP contribution in [0.3, 0.4) is 0 Å². The lowest BCUT2D eigenvalue weighted by atomic mass is 9.67. The van der Waals surface area contributed by atoms with Gasteiger partial charge in [-0.25, -0.2) is 4.79 Å². The van der Waals surface area contributed by atoms with E-state index in [0.29, 0.717) is 17.1 Å². The van der Waals surface area contributed by atoms with Gasteiger partial charge in [-0.2, -0.15) is 0 Å². The Morgan fingerprint density at radius 2 is 1.95 bits per heavy atom. The van der Waals surface area contributed by atoms with Gasteiger partial charge in [0.1, 0.15) is 12.4 Å². The first-order chi connectivity index (χ1) is 9.24. The molecule has 0 radical (unpaired) electrons. The van der Waals surface area contributed by atoms with E-state index in [9.17, 15) is 4.79 Å². The van der Waals surface area contributed by atoms with E-state index in [1.54, 1.807) is 0 Å². The molecule has 2 atom stereocenters. The number of carbonyl (C=O) groups excluding carboxylic acids is 1. The Kier molecular flexibility index (Phi) is 6.25. The normalized spacial score (nSPS) is 26.4. The molecular formula is C17H30O3. The number of esters is 1. The van der Waals surface area contributed by atoms with Crippen LogP contribution < -0.4 is 0 Å². The Hall–Kier alpha value is -0.830. The molecule has 2 unspecified atom stereocenters. The number of hydrogen-bond donors (Lipinski definition) is 0. The fourth-order valence-corrected chi connectivity index (χ4v) is 2.61. The van der Waals surface area contributed by atoms with E-state index in [1.807, 2.05) is 20.8 Å². The largest absolute Gasteiger partial charge is 0.430 e. The van der Waals surface area contributed by atoms with Crippen LogP contribution in [0.1, 0.15) is 67.2 Å². The van der Waals surface area contributed by atoms with Gasteiger partial charge in [0.15, 0.2) is 0 Å². The Balaban J connectivity index is 2.42. The van der Waals surface area contributed by atoms with Crippen LogP contribution in [0.15, 0.2) is 11.3 Å². The van der Waals surface area contributed by atoms with Gasteiger partial charge >= 0.3 is 5.97 Å². The zero-order chi connectivity index (χ0) is 15.3. The molecule has 116 valence electrons. The van der Waals surface area contributed by atoms with Gasteiger partial charge < -0.3 is 9.47 Å². The minimum atomic E-state index is -0.291. The maximum atomic E-state index is 11.7. The molecular weight excluding hydrogens is 252 g/mol. The van der Waals surface area contributed by atoms with Crippen LogP contribution in [0.4, 0.5) is 0 Å². The molecule has 0 aromatic rings. The van der Waals surface area contributed by atoms with Crippen molar-refractivity contribution in [1.29, 1.82) is 0 Å². The van der Waals surface area contributed by atoms with Crippen molar-refractivity contribution >= 4 is 5.97 Å². The van der Waals surface area contributed by atoms with E-state index < -0.39 is 0 Å². The van der Waals surface area contributed by atoms with Crippen LogP contribution in [0.5, 0.6) is 0 Å². The maximum absolute atomic E-state index is 11.7. The minimum absolute atomic E-state index is 0.0590. The summed E-state index contributed by atoms with van der Waals surface area (Å²) < 4.78 is 11.0.